The molecule has 1 rings (SSSR count). The molecule has 0 aliphatic rings. The average molecular weight is 224 g/mol. The number of hydrogen-bond donors (Lipinski definition) is 1. The largest absolute Gasteiger partial charge is 0.497 e. The number of nitrogens with two attached hydrogens (primary N) is 1. The van der Waals surface area contributed by atoms with Crippen molar-refractivity contribution in [2.45, 2.75) is 25.8 Å². The van der Waals surface area contributed by atoms with Crippen molar-refractivity contribution >= 4 is 5.69 Å². The van der Waals surface area contributed by atoms with Crippen LogP contribution in [0.4, 0.5) is 5.69 Å². The Kier molecular flexibility index (Phi) is 4.25. The van der Waals surface area contributed by atoms with E-state index in [1.165, 1.54) is 13.2 Å². The lowest BCUT2D eigenvalue weighted by Crippen LogP contribution is -2.21. The van der Waals surface area contributed by atoms with Crippen LogP contribution in [0.5, 0.6) is 5.75 Å². The molecule has 0 bridgehead atoms. The van der Waals surface area contributed by atoms with Gasteiger partial charge in [0.1, 0.15) is 5.75 Å². The molecule has 1 aromatic rings. The molecular formula is C11H16N2O3. The van der Waals surface area contributed by atoms with E-state index in [-0.39, 0.29) is 11.7 Å². The third-order valence-electron chi connectivity index (χ3n) is 2.50. The van der Waals surface area contributed by atoms with Crippen LogP contribution in [0.25, 0.3) is 0 Å². The number of benzene rings is 1. The summed E-state index contributed by atoms with van der Waals surface area (Å²) in [7, 11) is 1.48. The molecule has 0 fully saturated rings. The molecule has 0 saturated heterocycles. The molecule has 2 N–H and O–H groups in total. The Hall–Kier alpha value is -1.62. The van der Waals surface area contributed by atoms with Crippen molar-refractivity contribution in [3.05, 3.63) is 33.9 Å². The van der Waals surface area contributed by atoms with Crippen LogP contribution in [0, 0.1) is 10.1 Å². The number of methoxy groups -OCH3 is 1. The van der Waals surface area contributed by atoms with Gasteiger partial charge in [-0.15, -0.1) is 0 Å². The van der Waals surface area contributed by atoms with Crippen LogP contribution < -0.4 is 10.5 Å². The van der Waals surface area contributed by atoms with Gasteiger partial charge in [-0.25, -0.2) is 0 Å². The van der Waals surface area contributed by atoms with Crippen molar-refractivity contribution in [3.8, 4) is 5.75 Å². The van der Waals surface area contributed by atoms with E-state index in [4.69, 9.17) is 10.5 Å². The van der Waals surface area contributed by atoms with Crippen molar-refractivity contribution in [1.82, 2.24) is 0 Å². The van der Waals surface area contributed by atoms with Crippen LogP contribution in [0.3, 0.4) is 0 Å². The van der Waals surface area contributed by atoms with Crippen molar-refractivity contribution < 1.29 is 9.66 Å². The van der Waals surface area contributed by atoms with Gasteiger partial charge >= 0.3 is 0 Å². The van der Waals surface area contributed by atoms with Crippen molar-refractivity contribution in [1.29, 1.82) is 0 Å². The van der Waals surface area contributed by atoms with Gasteiger partial charge in [-0.2, -0.15) is 0 Å². The highest BCUT2D eigenvalue weighted by Crippen LogP contribution is 2.25. The molecule has 0 aliphatic carbocycles. The Morgan fingerprint density at radius 1 is 1.56 bits per heavy atom. The summed E-state index contributed by atoms with van der Waals surface area (Å²) >= 11 is 0. The first-order valence-electron chi connectivity index (χ1n) is 5.15. The Labute approximate surface area is 94.4 Å². The summed E-state index contributed by atoms with van der Waals surface area (Å²) in [4.78, 5) is 10.5. The smallest absolute Gasteiger partial charge is 0.276 e. The van der Waals surface area contributed by atoms with Crippen LogP contribution in [-0.2, 0) is 6.42 Å². The second-order valence-electron chi connectivity index (χ2n) is 3.62. The number of rotatable bonds is 5. The van der Waals surface area contributed by atoms with E-state index in [0.717, 1.165) is 6.42 Å². The normalized spacial score (nSPS) is 12.2. The minimum absolute atomic E-state index is 0.0490. The van der Waals surface area contributed by atoms with E-state index in [0.29, 0.717) is 17.7 Å². The van der Waals surface area contributed by atoms with E-state index in [2.05, 4.69) is 0 Å². The lowest BCUT2D eigenvalue weighted by Gasteiger charge is -2.09. The predicted octanol–water partition coefficient (Wildman–Crippen LogP) is 1.88. The fraction of sp³-hybridized carbons (Fsp3) is 0.455. The third kappa shape index (κ3) is 2.93. The highest BCUT2D eigenvalue weighted by Gasteiger charge is 2.16. The van der Waals surface area contributed by atoms with Gasteiger partial charge in [0.25, 0.3) is 5.69 Å². The summed E-state index contributed by atoms with van der Waals surface area (Å²) < 4.78 is 4.96. The lowest BCUT2D eigenvalue weighted by molar-refractivity contribution is -0.385. The van der Waals surface area contributed by atoms with Gasteiger partial charge in [0, 0.05) is 11.6 Å². The minimum atomic E-state index is -0.403. The minimum Gasteiger partial charge on any atom is -0.497 e. The molecule has 0 radical (unpaired) electrons. The molecular weight excluding hydrogens is 208 g/mol. The Morgan fingerprint density at radius 2 is 2.25 bits per heavy atom. The summed E-state index contributed by atoms with van der Waals surface area (Å²) in [6.07, 6.45) is 1.31. The van der Waals surface area contributed by atoms with Gasteiger partial charge in [-0.05, 0) is 25.0 Å². The van der Waals surface area contributed by atoms with Gasteiger partial charge in [0.15, 0.2) is 0 Å². The van der Waals surface area contributed by atoms with Crippen molar-refractivity contribution in [3.63, 3.8) is 0 Å². The fourth-order valence-electron chi connectivity index (χ4n) is 1.44. The maximum atomic E-state index is 10.9. The van der Waals surface area contributed by atoms with Gasteiger partial charge < -0.3 is 10.5 Å². The van der Waals surface area contributed by atoms with E-state index in [1.54, 1.807) is 12.1 Å². The Morgan fingerprint density at radius 3 is 2.75 bits per heavy atom. The zero-order valence-electron chi connectivity index (χ0n) is 9.47. The molecule has 0 spiro atoms. The molecule has 0 aromatic heterocycles. The second-order valence-corrected chi connectivity index (χ2v) is 3.62. The van der Waals surface area contributed by atoms with Gasteiger partial charge in [0.05, 0.1) is 18.1 Å². The zero-order chi connectivity index (χ0) is 12.1. The molecule has 1 aromatic carbocycles. The monoisotopic (exact) mass is 224 g/mol. The summed E-state index contributed by atoms with van der Waals surface area (Å²) in [6.45, 7) is 1.96. The number of ether oxygens (including phenoxy) is 1. The Bertz CT molecular complexity index is 379. The molecule has 0 heterocycles. The van der Waals surface area contributed by atoms with Gasteiger partial charge in [0.2, 0.25) is 0 Å². The number of nitrogens with zero attached hydrogens (tertiary/aromatic N) is 1. The number of hydrogen-bond acceptors (Lipinski definition) is 4. The SMILES string of the molecule is CCC(N)Cc1ccc(OC)cc1[N+](=O)[O-]. The molecule has 0 amide bonds. The van der Waals surface area contributed by atoms with E-state index in [9.17, 15) is 10.1 Å². The van der Waals surface area contributed by atoms with Gasteiger partial charge in [-0.3, -0.25) is 10.1 Å². The van der Waals surface area contributed by atoms with E-state index in [1.807, 2.05) is 6.92 Å². The molecule has 5 heteroatoms. The van der Waals surface area contributed by atoms with Crippen LogP contribution in [0.15, 0.2) is 18.2 Å². The summed E-state index contributed by atoms with van der Waals surface area (Å²) in [5, 5.41) is 10.9. The average Bonchev–Trinajstić information content (AvgIpc) is 2.29. The van der Waals surface area contributed by atoms with Crippen LogP contribution >= 0.6 is 0 Å². The van der Waals surface area contributed by atoms with Crippen molar-refractivity contribution in [2.75, 3.05) is 7.11 Å². The fourth-order valence-corrected chi connectivity index (χ4v) is 1.44. The highest BCUT2D eigenvalue weighted by molar-refractivity contribution is 5.46. The van der Waals surface area contributed by atoms with E-state index < -0.39 is 4.92 Å². The molecule has 5 nitrogen and oxygen atoms in total. The van der Waals surface area contributed by atoms with Gasteiger partial charge in [-0.1, -0.05) is 6.92 Å². The molecule has 0 saturated carbocycles. The standard InChI is InChI=1S/C11H16N2O3/c1-3-9(12)6-8-4-5-10(16-2)7-11(8)13(14)15/h4-5,7,9H,3,6,12H2,1-2H3. The first kappa shape index (κ1) is 12.4. The maximum Gasteiger partial charge on any atom is 0.276 e. The lowest BCUT2D eigenvalue weighted by atomic mass is 10.0. The predicted molar refractivity (Wildman–Crippen MR) is 61.6 cm³/mol. The zero-order valence-corrected chi connectivity index (χ0v) is 9.47. The Balaban J connectivity index is 3.03. The number of nitro groups is 1. The van der Waals surface area contributed by atoms with Crippen molar-refractivity contribution in [2.24, 2.45) is 5.73 Å². The third-order valence-corrected chi connectivity index (χ3v) is 2.50. The molecule has 1 atom stereocenters. The summed E-state index contributed by atoms with van der Waals surface area (Å²) in [5.41, 5.74) is 6.52. The van der Waals surface area contributed by atoms with E-state index >= 15 is 0 Å². The topological polar surface area (TPSA) is 78.4 Å². The summed E-state index contributed by atoms with van der Waals surface area (Å²) in [5.74, 6) is 0.487. The molecule has 16 heavy (non-hydrogen) atoms. The molecule has 0 aliphatic heterocycles. The maximum absolute atomic E-state index is 10.9. The van der Waals surface area contributed by atoms with Crippen LogP contribution in [0.2, 0.25) is 0 Å². The van der Waals surface area contributed by atoms with Crippen LogP contribution in [0.1, 0.15) is 18.9 Å². The summed E-state index contributed by atoms with van der Waals surface area (Å²) in [6, 6.07) is 4.79. The van der Waals surface area contributed by atoms with Crippen LogP contribution in [-0.4, -0.2) is 18.1 Å². The first-order valence-corrected chi connectivity index (χ1v) is 5.15. The quantitative estimate of drug-likeness (QED) is 0.611. The molecule has 1 unspecified atom stereocenters. The second kappa shape index (κ2) is 5.46. The highest BCUT2D eigenvalue weighted by atomic mass is 16.6. The number of nitro benzene ring substituents is 1. The molecule has 88 valence electrons. The first-order chi connectivity index (χ1) is 7.58.